The number of rotatable bonds is 4. The fraction of sp³-hybridized carbons (Fsp3) is 0.833. The summed E-state index contributed by atoms with van der Waals surface area (Å²) >= 11 is 0. The van der Waals surface area contributed by atoms with Gasteiger partial charge in [0.25, 0.3) is 0 Å². The Hall–Kier alpha value is -1.14. The second-order valence-electron chi connectivity index (χ2n) is 5.15. The number of nitrogens with one attached hydrogen (secondary N) is 2. The number of hydrogen-bond donors (Lipinski definition) is 3. The van der Waals surface area contributed by atoms with E-state index in [2.05, 4.69) is 10.6 Å². The quantitative estimate of drug-likeness (QED) is 0.645. The Morgan fingerprint density at radius 3 is 2.89 bits per heavy atom. The highest BCUT2D eigenvalue weighted by Crippen LogP contribution is 2.20. The number of carboxylic acids is 1. The third-order valence-corrected chi connectivity index (χ3v) is 3.68. The molecule has 0 aromatic heterocycles. The molecule has 2 saturated heterocycles. The molecule has 2 unspecified atom stereocenters. The van der Waals surface area contributed by atoms with Crippen molar-refractivity contribution in [3.63, 3.8) is 0 Å². The zero-order valence-corrected chi connectivity index (χ0v) is 10.4. The van der Waals surface area contributed by atoms with E-state index in [0.29, 0.717) is 25.4 Å². The lowest BCUT2D eigenvalue weighted by atomic mass is 9.94. The van der Waals surface area contributed by atoms with E-state index in [0.717, 1.165) is 25.9 Å². The number of carbonyl (C=O) groups is 2. The average molecular weight is 256 g/mol. The van der Waals surface area contributed by atoms with Crippen molar-refractivity contribution in [2.24, 2.45) is 5.92 Å². The standard InChI is InChI=1S/C12H20N2O4/c15-10(6-9-2-1-4-13-7-9)14-12(11(16)17)3-5-18-8-12/h9,13H,1-8H2,(H,14,15)(H,16,17). The maximum Gasteiger partial charge on any atom is 0.331 e. The van der Waals surface area contributed by atoms with Crippen molar-refractivity contribution in [2.75, 3.05) is 26.3 Å². The lowest BCUT2D eigenvalue weighted by molar-refractivity contribution is -0.147. The number of amides is 1. The molecule has 2 rings (SSSR count). The molecule has 2 aliphatic heterocycles. The number of piperidine rings is 1. The van der Waals surface area contributed by atoms with Gasteiger partial charge >= 0.3 is 5.97 Å². The highest BCUT2D eigenvalue weighted by molar-refractivity contribution is 5.87. The van der Waals surface area contributed by atoms with Gasteiger partial charge in [0, 0.05) is 19.4 Å². The molecule has 1 amide bonds. The SMILES string of the molecule is O=C(CC1CCCNC1)NC1(C(=O)O)CCOC1. The summed E-state index contributed by atoms with van der Waals surface area (Å²) in [7, 11) is 0. The monoisotopic (exact) mass is 256 g/mol. The van der Waals surface area contributed by atoms with E-state index in [1.165, 1.54) is 0 Å². The number of carbonyl (C=O) groups excluding carboxylic acids is 1. The first-order valence-corrected chi connectivity index (χ1v) is 6.45. The van der Waals surface area contributed by atoms with Gasteiger partial charge in [0.1, 0.15) is 0 Å². The van der Waals surface area contributed by atoms with Crippen LogP contribution in [0, 0.1) is 5.92 Å². The Kier molecular flexibility index (Phi) is 4.19. The number of hydrogen-bond acceptors (Lipinski definition) is 4. The maximum absolute atomic E-state index is 11.9. The zero-order chi connectivity index (χ0) is 13.0. The Morgan fingerprint density at radius 1 is 1.50 bits per heavy atom. The molecule has 0 spiro atoms. The molecule has 0 aromatic rings. The van der Waals surface area contributed by atoms with Crippen LogP contribution >= 0.6 is 0 Å². The van der Waals surface area contributed by atoms with E-state index in [4.69, 9.17) is 4.74 Å². The largest absolute Gasteiger partial charge is 0.479 e. The van der Waals surface area contributed by atoms with Gasteiger partial charge < -0.3 is 20.5 Å². The van der Waals surface area contributed by atoms with Gasteiger partial charge in [0.15, 0.2) is 5.54 Å². The summed E-state index contributed by atoms with van der Waals surface area (Å²) in [6.07, 6.45) is 2.83. The van der Waals surface area contributed by atoms with Gasteiger partial charge in [-0.05, 0) is 31.8 Å². The molecule has 0 aromatic carbocycles. The normalized spacial score (nSPS) is 32.1. The minimum absolute atomic E-state index is 0.0665. The topological polar surface area (TPSA) is 87.7 Å². The number of aliphatic carboxylic acids is 1. The first-order valence-electron chi connectivity index (χ1n) is 6.45. The summed E-state index contributed by atoms with van der Waals surface area (Å²) in [6, 6.07) is 0. The molecular formula is C12H20N2O4. The fourth-order valence-electron chi connectivity index (χ4n) is 2.56. The van der Waals surface area contributed by atoms with Crippen LogP contribution in [0.4, 0.5) is 0 Å². The van der Waals surface area contributed by atoms with Gasteiger partial charge in [0.05, 0.1) is 6.61 Å². The van der Waals surface area contributed by atoms with Gasteiger partial charge in [0.2, 0.25) is 5.91 Å². The molecule has 0 saturated carbocycles. The summed E-state index contributed by atoms with van der Waals surface area (Å²) in [6.45, 7) is 2.30. The van der Waals surface area contributed by atoms with Gasteiger partial charge in [-0.2, -0.15) is 0 Å². The Bertz CT molecular complexity index is 320. The van der Waals surface area contributed by atoms with E-state index in [1.807, 2.05) is 0 Å². The summed E-state index contributed by atoms with van der Waals surface area (Å²) < 4.78 is 5.10. The zero-order valence-electron chi connectivity index (χ0n) is 10.4. The lowest BCUT2D eigenvalue weighted by Crippen LogP contribution is -2.55. The molecule has 3 N–H and O–H groups in total. The highest BCUT2D eigenvalue weighted by atomic mass is 16.5. The van der Waals surface area contributed by atoms with Crippen molar-refractivity contribution in [3.8, 4) is 0 Å². The van der Waals surface area contributed by atoms with Gasteiger partial charge in [-0.3, -0.25) is 4.79 Å². The molecule has 2 heterocycles. The van der Waals surface area contributed by atoms with E-state index in [-0.39, 0.29) is 12.5 Å². The van der Waals surface area contributed by atoms with Crippen LogP contribution in [0.25, 0.3) is 0 Å². The highest BCUT2D eigenvalue weighted by Gasteiger charge is 2.44. The van der Waals surface area contributed by atoms with Crippen LogP contribution in [0.2, 0.25) is 0 Å². The van der Waals surface area contributed by atoms with Crippen molar-refractivity contribution in [1.29, 1.82) is 0 Å². The van der Waals surface area contributed by atoms with Crippen LogP contribution < -0.4 is 10.6 Å². The summed E-state index contributed by atoms with van der Waals surface area (Å²) in [4.78, 5) is 23.2. The maximum atomic E-state index is 11.9. The predicted octanol–water partition coefficient (Wildman–Crippen LogP) is -0.264. The third-order valence-electron chi connectivity index (χ3n) is 3.68. The molecule has 0 bridgehead atoms. The Morgan fingerprint density at radius 2 is 2.33 bits per heavy atom. The molecular weight excluding hydrogens is 236 g/mol. The minimum atomic E-state index is -1.21. The number of ether oxygens (including phenoxy) is 1. The van der Waals surface area contributed by atoms with Crippen LogP contribution in [0.5, 0.6) is 0 Å². The second kappa shape index (κ2) is 5.67. The van der Waals surface area contributed by atoms with Crippen molar-refractivity contribution in [1.82, 2.24) is 10.6 Å². The van der Waals surface area contributed by atoms with E-state index < -0.39 is 11.5 Å². The molecule has 18 heavy (non-hydrogen) atoms. The molecule has 2 aliphatic rings. The summed E-state index contributed by atoms with van der Waals surface area (Å²) in [5.74, 6) is -0.876. The van der Waals surface area contributed by atoms with Crippen molar-refractivity contribution in [2.45, 2.75) is 31.2 Å². The van der Waals surface area contributed by atoms with Crippen LogP contribution in [-0.2, 0) is 14.3 Å². The molecule has 6 nitrogen and oxygen atoms in total. The summed E-state index contributed by atoms with van der Waals surface area (Å²) in [5.41, 5.74) is -1.21. The Labute approximate surface area is 106 Å². The third kappa shape index (κ3) is 3.00. The van der Waals surface area contributed by atoms with E-state index in [9.17, 15) is 14.7 Å². The second-order valence-corrected chi connectivity index (χ2v) is 5.15. The van der Waals surface area contributed by atoms with Crippen molar-refractivity contribution >= 4 is 11.9 Å². The molecule has 6 heteroatoms. The van der Waals surface area contributed by atoms with Crippen LogP contribution in [0.3, 0.4) is 0 Å². The van der Waals surface area contributed by atoms with Gasteiger partial charge in [-0.1, -0.05) is 0 Å². The van der Waals surface area contributed by atoms with Crippen molar-refractivity contribution < 1.29 is 19.4 Å². The van der Waals surface area contributed by atoms with Crippen molar-refractivity contribution in [3.05, 3.63) is 0 Å². The van der Waals surface area contributed by atoms with Crippen LogP contribution in [0.1, 0.15) is 25.7 Å². The number of carboxylic acid groups (broad SMARTS) is 1. The first-order chi connectivity index (χ1) is 8.62. The fourth-order valence-corrected chi connectivity index (χ4v) is 2.56. The Balaban J connectivity index is 1.87. The van der Waals surface area contributed by atoms with Crippen LogP contribution in [-0.4, -0.2) is 48.8 Å². The smallest absolute Gasteiger partial charge is 0.331 e. The van der Waals surface area contributed by atoms with E-state index in [1.54, 1.807) is 0 Å². The minimum Gasteiger partial charge on any atom is -0.479 e. The predicted molar refractivity (Wildman–Crippen MR) is 64.2 cm³/mol. The molecule has 2 atom stereocenters. The molecule has 0 radical (unpaired) electrons. The molecule has 102 valence electrons. The van der Waals surface area contributed by atoms with E-state index >= 15 is 0 Å². The first kappa shape index (κ1) is 13.3. The average Bonchev–Trinajstić information content (AvgIpc) is 2.80. The molecule has 2 fully saturated rings. The van der Waals surface area contributed by atoms with Crippen LogP contribution in [0.15, 0.2) is 0 Å². The van der Waals surface area contributed by atoms with Gasteiger partial charge in [-0.15, -0.1) is 0 Å². The lowest BCUT2D eigenvalue weighted by Gasteiger charge is -2.26. The summed E-state index contributed by atoms with van der Waals surface area (Å²) in [5, 5.41) is 15.1. The molecule has 0 aliphatic carbocycles. The van der Waals surface area contributed by atoms with Gasteiger partial charge in [-0.25, -0.2) is 4.79 Å².